The average molecular weight is 308 g/mol. The highest BCUT2D eigenvalue weighted by Crippen LogP contribution is 2.31. The molecule has 0 spiro atoms. The summed E-state index contributed by atoms with van der Waals surface area (Å²) in [6.07, 6.45) is -3.23. The maximum Gasteiger partial charge on any atom is 0.280 e. The fraction of sp³-hybridized carbons (Fsp3) is 0.500. The van der Waals surface area contributed by atoms with Gasteiger partial charge in [-0.3, -0.25) is 14.3 Å². The third-order valence-corrected chi connectivity index (χ3v) is 3.39. The smallest absolute Gasteiger partial charge is 0.280 e. The van der Waals surface area contributed by atoms with Crippen LogP contribution in [0.15, 0.2) is 16.2 Å². The number of aromatic nitrogens is 4. The number of hydrogen-bond acceptors (Lipinski definition) is 8. The number of imidazole rings is 1. The van der Waals surface area contributed by atoms with Crippen molar-refractivity contribution < 1.29 is 14.9 Å². The topological polar surface area (TPSA) is 188 Å². The number of fused-ring (bicyclic) bond motifs is 1. The summed E-state index contributed by atoms with van der Waals surface area (Å²) in [5, 5.41) is 23.3. The molecule has 4 atom stereocenters. The molecule has 3 rings (SSSR count). The van der Waals surface area contributed by atoms with Crippen molar-refractivity contribution in [1.29, 1.82) is 0 Å². The second-order valence-electron chi connectivity index (χ2n) is 4.73. The van der Waals surface area contributed by atoms with Crippen molar-refractivity contribution in [1.82, 2.24) is 19.5 Å². The lowest BCUT2D eigenvalue weighted by atomic mass is 10.1. The van der Waals surface area contributed by atoms with Gasteiger partial charge in [-0.15, -0.1) is 0 Å². The van der Waals surface area contributed by atoms with Crippen LogP contribution in [0.3, 0.4) is 0 Å². The normalized spacial score (nSPS) is 27.9. The second kappa shape index (κ2) is 5.27. The number of nitrogens with zero attached hydrogens (tertiary/aromatic N) is 6. The summed E-state index contributed by atoms with van der Waals surface area (Å²) < 4.78 is 6.78. The average Bonchev–Trinajstić information content (AvgIpc) is 3.00. The Balaban J connectivity index is 2.01. The summed E-state index contributed by atoms with van der Waals surface area (Å²) in [6.45, 7) is -0.145. The maximum atomic E-state index is 11.7. The van der Waals surface area contributed by atoms with Gasteiger partial charge in [0, 0.05) is 4.91 Å². The van der Waals surface area contributed by atoms with Crippen LogP contribution in [0.25, 0.3) is 21.6 Å². The van der Waals surface area contributed by atoms with Crippen molar-refractivity contribution >= 4 is 17.1 Å². The van der Waals surface area contributed by atoms with Crippen LogP contribution in [0.2, 0.25) is 0 Å². The molecule has 1 aliphatic heterocycles. The highest BCUT2D eigenvalue weighted by Gasteiger charge is 2.43. The Hall–Kier alpha value is -2.66. The van der Waals surface area contributed by atoms with Crippen molar-refractivity contribution in [3.05, 3.63) is 27.1 Å². The summed E-state index contributed by atoms with van der Waals surface area (Å²) in [4.78, 5) is 24.5. The van der Waals surface area contributed by atoms with Crippen LogP contribution in [0.5, 0.6) is 0 Å². The molecule has 5 N–H and O–H groups in total. The summed E-state index contributed by atoms with van der Waals surface area (Å²) in [7, 11) is 0. The monoisotopic (exact) mass is 308 g/mol. The number of H-pyrrole nitrogens is 1. The van der Waals surface area contributed by atoms with Crippen molar-refractivity contribution in [3.63, 3.8) is 0 Å². The zero-order valence-electron chi connectivity index (χ0n) is 11.1. The van der Waals surface area contributed by atoms with Crippen LogP contribution >= 0.6 is 0 Å². The van der Waals surface area contributed by atoms with Gasteiger partial charge >= 0.3 is 0 Å². The van der Waals surface area contributed by atoms with Crippen molar-refractivity contribution in [2.75, 3.05) is 12.3 Å². The minimum atomic E-state index is -1.31. The zero-order chi connectivity index (χ0) is 15.9. The molecule has 0 bridgehead atoms. The van der Waals surface area contributed by atoms with Crippen LogP contribution in [-0.4, -0.2) is 54.6 Å². The first-order chi connectivity index (χ1) is 10.5. The Morgan fingerprint density at radius 1 is 1.55 bits per heavy atom. The molecule has 1 unspecified atom stereocenters. The molecule has 0 saturated carbocycles. The Bertz CT molecular complexity index is 809. The third-order valence-electron chi connectivity index (χ3n) is 3.39. The molecular formula is C10H12N8O4. The van der Waals surface area contributed by atoms with Gasteiger partial charge in [-0.1, -0.05) is 5.11 Å². The Morgan fingerprint density at radius 2 is 2.32 bits per heavy atom. The first-order valence-corrected chi connectivity index (χ1v) is 6.27. The van der Waals surface area contributed by atoms with E-state index in [1.165, 1.54) is 10.9 Å². The minimum absolute atomic E-state index is 0.0259. The molecular weight excluding hydrogens is 296 g/mol. The fourth-order valence-electron chi connectivity index (χ4n) is 2.36. The molecule has 0 radical (unpaired) electrons. The number of nitrogens with one attached hydrogen (secondary N) is 1. The van der Waals surface area contributed by atoms with Gasteiger partial charge in [-0.05, 0) is 5.53 Å². The van der Waals surface area contributed by atoms with E-state index < -0.39 is 30.1 Å². The quantitative estimate of drug-likeness (QED) is 0.305. The first-order valence-electron chi connectivity index (χ1n) is 6.27. The number of azide groups is 1. The molecule has 3 heterocycles. The largest absolute Gasteiger partial charge is 0.388 e. The molecule has 1 saturated heterocycles. The summed E-state index contributed by atoms with van der Waals surface area (Å²) in [5.74, 6) is -0.113. The Kier molecular flexibility index (Phi) is 3.42. The first kappa shape index (κ1) is 14.3. The van der Waals surface area contributed by atoms with Gasteiger partial charge in [0.25, 0.3) is 5.56 Å². The van der Waals surface area contributed by atoms with Gasteiger partial charge in [0.2, 0.25) is 5.95 Å². The lowest BCUT2D eigenvalue weighted by molar-refractivity contribution is -0.0321. The van der Waals surface area contributed by atoms with Crippen molar-refractivity contribution in [3.8, 4) is 0 Å². The van der Waals surface area contributed by atoms with E-state index in [1.807, 2.05) is 0 Å². The summed E-state index contributed by atoms with van der Waals surface area (Å²) >= 11 is 0. The molecule has 12 nitrogen and oxygen atoms in total. The van der Waals surface area contributed by atoms with E-state index in [0.717, 1.165) is 0 Å². The van der Waals surface area contributed by atoms with E-state index in [9.17, 15) is 15.0 Å². The van der Waals surface area contributed by atoms with Crippen molar-refractivity contribution in [2.24, 2.45) is 5.11 Å². The molecule has 1 aliphatic rings. The van der Waals surface area contributed by atoms with Crippen LogP contribution in [-0.2, 0) is 4.74 Å². The van der Waals surface area contributed by atoms with E-state index in [2.05, 4.69) is 25.0 Å². The van der Waals surface area contributed by atoms with Crippen LogP contribution < -0.4 is 11.3 Å². The molecule has 116 valence electrons. The zero-order valence-corrected chi connectivity index (χ0v) is 11.1. The minimum Gasteiger partial charge on any atom is -0.388 e. The maximum absolute atomic E-state index is 11.7. The predicted octanol–water partition coefficient (Wildman–Crippen LogP) is -1.37. The number of rotatable bonds is 3. The number of hydrogen-bond donors (Lipinski definition) is 4. The number of aliphatic hydroxyl groups excluding tert-OH is 2. The van der Waals surface area contributed by atoms with Crippen molar-refractivity contribution in [2.45, 2.75) is 24.5 Å². The van der Waals surface area contributed by atoms with E-state index in [-0.39, 0.29) is 23.7 Å². The fourth-order valence-corrected chi connectivity index (χ4v) is 2.36. The summed E-state index contributed by atoms with van der Waals surface area (Å²) in [6, 6.07) is 0. The molecule has 0 amide bonds. The molecule has 22 heavy (non-hydrogen) atoms. The van der Waals surface area contributed by atoms with Gasteiger partial charge in [0.15, 0.2) is 17.4 Å². The molecule has 1 fully saturated rings. The highest BCUT2D eigenvalue weighted by atomic mass is 16.6. The lowest BCUT2D eigenvalue weighted by Crippen LogP contribution is -2.32. The molecule has 12 heteroatoms. The Labute approximate surface area is 121 Å². The predicted molar refractivity (Wildman–Crippen MR) is 72.5 cm³/mol. The van der Waals surface area contributed by atoms with Crippen LogP contribution in [0, 0.1) is 0 Å². The molecule has 0 aromatic carbocycles. The van der Waals surface area contributed by atoms with E-state index in [1.54, 1.807) is 0 Å². The van der Waals surface area contributed by atoms with Gasteiger partial charge in [0.05, 0.1) is 19.0 Å². The van der Waals surface area contributed by atoms with Gasteiger partial charge in [-0.2, -0.15) is 4.98 Å². The number of ether oxygens (including phenoxy) is 1. The van der Waals surface area contributed by atoms with Gasteiger partial charge in [-0.25, -0.2) is 4.98 Å². The third kappa shape index (κ3) is 2.16. The van der Waals surface area contributed by atoms with Crippen LogP contribution in [0.1, 0.15) is 6.23 Å². The number of anilines is 1. The molecule has 0 aliphatic carbocycles. The number of nitrogen functional groups attached to an aromatic ring is 1. The Morgan fingerprint density at radius 3 is 3.05 bits per heavy atom. The second-order valence-corrected chi connectivity index (χ2v) is 4.73. The van der Waals surface area contributed by atoms with Crippen LogP contribution in [0.4, 0.5) is 5.95 Å². The highest BCUT2D eigenvalue weighted by molar-refractivity contribution is 5.70. The molecule has 2 aromatic heterocycles. The SMILES string of the molecule is [N-]=[N+]=NC[C@H]1O[C@@H](n2cnc3c(=O)[nH]c(N)nc32)[C@@H](O)C1O. The number of nitrogens with two attached hydrogens (primary N) is 1. The summed E-state index contributed by atoms with van der Waals surface area (Å²) in [5.41, 5.74) is 13.4. The lowest BCUT2D eigenvalue weighted by Gasteiger charge is -2.16. The van der Waals surface area contributed by atoms with E-state index in [0.29, 0.717) is 0 Å². The standard InChI is InChI=1S/C10H12N8O4/c11-10-15-7-4(8(21)16-10)13-2-18(7)9-6(20)5(19)3(22-9)1-14-17-12/h2-3,5-6,9,19-20H,1H2,(H3,11,15,16,21)/t3-,5?,6+,9-/m1/s1. The van der Waals surface area contributed by atoms with Gasteiger partial charge < -0.3 is 20.7 Å². The number of aromatic amines is 1. The van der Waals surface area contributed by atoms with E-state index in [4.69, 9.17) is 16.0 Å². The number of aliphatic hydroxyl groups is 2. The molecule has 2 aromatic rings. The van der Waals surface area contributed by atoms with E-state index >= 15 is 0 Å². The van der Waals surface area contributed by atoms with Gasteiger partial charge in [0.1, 0.15) is 12.2 Å².